The smallest absolute Gasteiger partial charge is 0.324 e. The van der Waals surface area contributed by atoms with Gasteiger partial charge in [0.05, 0.1) is 25.2 Å². The molecule has 1 heterocycles. The highest BCUT2D eigenvalue weighted by atomic mass is 19.3. The van der Waals surface area contributed by atoms with E-state index in [9.17, 15) is 17.6 Å². The summed E-state index contributed by atoms with van der Waals surface area (Å²) in [6.45, 7) is 0.410. The lowest BCUT2D eigenvalue weighted by Gasteiger charge is -2.15. The number of nitrogens with zero attached hydrogens (tertiary/aromatic N) is 2. The monoisotopic (exact) mass is 269 g/mol. The maximum absolute atomic E-state index is 12.8. The van der Waals surface area contributed by atoms with Gasteiger partial charge in [0, 0.05) is 26.4 Å². The van der Waals surface area contributed by atoms with Crippen LogP contribution in [0.5, 0.6) is 0 Å². The second-order valence-corrected chi connectivity index (χ2v) is 3.77. The molecule has 4 nitrogen and oxygen atoms in total. The van der Waals surface area contributed by atoms with Gasteiger partial charge in [0.1, 0.15) is 0 Å². The molecule has 0 bridgehead atoms. The van der Waals surface area contributed by atoms with Crippen LogP contribution in [-0.2, 0) is 17.8 Å². The molecule has 8 heteroatoms. The topological polar surface area (TPSA) is 39.1 Å². The second kappa shape index (κ2) is 6.69. The van der Waals surface area contributed by atoms with Crippen LogP contribution < -0.4 is 5.32 Å². The number of nitrogens with one attached hydrogen (secondary N) is 1. The largest absolute Gasteiger partial charge is 0.383 e. The highest BCUT2D eigenvalue weighted by Crippen LogP contribution is 2.24. The Bertz CT molecular complexity index is 357. The van der Waals surface area contributed by atoms with Gasteiger partial charge in [-0.25, -0.2) is 13.8 Å². The molecule has 0 saturated heterocycles. The molecule has 0 aromatic carbocycles. The summed E-state index contributed by atoms with van der Waals surface area (Å²) >= 11 is 0. The Hall–Kier alpha value is -1.15. The number of hydrogen-bond donors (Lipinski definition) is 1. The quantitative estimate of drug-likeness (QED) is 0.574. The predicted molar refractivity (Wildman–Crippen MR) is 56.8 cm³/mol. The first-order valence-electron chi connectivity index (χ1n) is 5.32. The van der Waals surface area contributed by atoms with Crippen molar-refractivity contribution < 1.29 is 22.3 Å². The lowest BCUT2D eigenvalue weighted by molar-refractivity contribution is -0.137. The molecule has 0 spiro atoms. The molecule has 0 aliphatic carbocycles. The van der Waals surface area contributed by atoms with Crippen LogP contribution in [0.3, 0.4) is 0 Å². The average Bonchev–Trinajstić information content (AvgIpc) is 2.71. The molecule has 0 aliphatic rings. The summed E-state index contributed by atoms with van der Waals surface area (Å²) in [6, 6.07) is 0. The minimum atomic E-state index is -4.04. The lowest BCUT2D eigenvalue weighted by Crippen LogP contribution is -2.31. The fourth-order valence-corrected chi connectivity index (χ4v) is 1.29. The van der Waals surface area contributed by atoms with Crippen molar-refractivity contribution in [2.75, 3.05) is 20.3 Å². The second-order valence-electron chi connectivity index (χ2n) is 3.77. The molecule has 0 saturated carbocycles. The van der Waals surface area contributed by atoms with E-state index in [1.54, 1.807) is 7.11 Å². The van der Waals surface area contributed by atoms with Gasteiger partial charge < -0.3 is 14.6 Å². The van der Waals surface area contributed by atoms with E-state index < -0.39 is 18.9 Å². The van der Waals surface area contributed by atoms with Crippen LogP contribution in [0.15, 0.2) is 12.5 Å². The Kier molecular flexibility index (Phi) is 5.54. The Morgan fingerprint density at radius 3 is 2.83 bits per heavy atom. The first kappa shape index (κ1) is 14.9. The van der Waals surface area contributed by atoms with Crippen molar-refractivity contribution in [3.05, 3.63) is 18.2 Å². The number of rotatable bonds is 8. The number of hydrogen-bond acceptors (Lipinski definition) is 3. The van der Waals surface area contributed by atoms with Gasteiger partial charge in [-0.1, -0.05) is 0 Å². The van der Waals surface area contributed by atoms with Crippen LogP contribution in [0.4, 0.5) is 17.6 Å². The van der Waals surface area contributed by atoms with Gasteiger partial charge >= 0.3 is 12.3 Å². The molecule has 0 fully saturated rings. The number of ether oxygens (including phenoxy) is 1. The Balaban J connectivity index is 2.43. The third-order valence-corrected chi connectivity index (χ3v) is 2.19. The van der Waals surface area contributed by atoms with E-state index in [2.05, 4.69) is 10.3 Å². The van der Waals surface area contributed by atoms with Gasteiger partial charge in [0.2, 0.25) is 0 Å². The van der Waals surface area contributed by atoms with Crippen molar-refractivity contribution >= 4 is 0 Å². The molecule has 1 rings (SSSR count). The molecule has 1 aromatic heterocycles. The van der Waals surface area contributed by atoms with Gasteiger partial charge in [-0.15, -0.1) is 0 Å². The zero-order valence-electron chi connectivity index (χ0n) is 9.88. The van der Waals surface area contributed by atoms with Crippen molar-refractivity contribution in [1.82, 2.24) is 14.9 Å². The van der Waals surface area contributed by atoms with Gasteiger partial charge in [0.15, 0.2) is 0 Å². The molecule has 0 atom stereocenters. The number of aromatic nitrogens is 2. The highest BCUT2D eigenvalue weighted by molar-refractivity contribution is 4.97. The SMILES string of the molecule is COCCNCc1cn(CC(F)(F)C(F)F)cn1. The van der Waals surface area contributed by atoms with E-state index in [0.717, 1.165) is 10.9 Å². The van der Waals surface area contributed by atoms with Crippen molar-refractivity contribution in [2.45, 2.75) is 25.4 Å². The van der Waals surface area contributed by atoms with Crippen molar-refractivity contribution in [3.8, 4) is 0 Å². The normalized spacial score (nSPS) is 12.3. The summed E-state index contributed by atoms with van der Waals surface area (Å²) < 4.78 is 55.3. The zero-order valence-corrected chi connectivity index (χ0v) is 9.88. The van der Waals surface area contributed by atoms with E-state index in [0.29, 0.717) is 25.4 Å². The first-order valence-corrected chi connectivity index (χ1v) is 5.32. The van der Waals surface area contributed by atoms with Crippen LogP contribution in [0.2, 0.25) is 0 Å². The average molecular weight is 269 g/mol. The predicted octanol–water partition coefficient (Wildman–Crippen LogP) is 1.52. The molecule has 0 radical (unpaired) electrons. The third kappa shape index (κ3) is 4.61. The van der Waals surface area contributed by atoms with E-state index in [1.807, 2.05) is 0 Å². The van der Waals surface area contributed by atoms with Gasteiger partial charge in [-0.3, -0.25) is 0 Å². The fourth-order valence-electron chi connectivity index (χ4n) is 1.29. The molecular weight excluding hydrogens is 254 g/mol. The minimum Gasteiger partial charge on any atom is -0.383 e. The molecule has 1 aromatic rings. The van der Waals surface area contributed by atoms with E-state index >= 15 is 0 Å². The van der Waals surface area contributed by atoms with Crippen molar-refractivity contribution in [3.63, 3.8) is 0 Å². The maximum Gasteiger partial charge on any atom is 0.324 e. The Morgan fingerprint density at radius 1 is 1.50 bits per heavy atom. The van der Waals surface area contributed by atoms with Crippen LogP contribution in [0.25, 0.3) is 0 Å². The van der Waals surface area contributed by atoms with Crippen LogP contribution in [0.1, 0.15) is 5.69 Å². The zero-order chi connectivity index (χ0) is 13.6. The van der Waals surface area contributed by atoms with E-state index in [-0.39, 0.29) is 0 Å². The van der Waals surface area contributed by atoms with Gasteiger partial charge in [0.25, 0.3) is 0 Å². The Morgan fingerprint density at radius 2 is 2.22 bits per heavy atom. The summed E-state index contributed by atoms with van der Waals surface area (Å²) in [5, 5.41) is 2.97. The molecule has 18 heavy (non-hydrogen) atoms. The summed E-state index contributed by atoms with van der Waals surface area (Å²) in [6.07, 6.45) is -1.25. The summed E-state index contributed by atoms with van der Waals surface area (Å²) in [7, 11) is 1.56. The number of imidazole rings is 1. The molecule has 104 valence electrons. The first-order chi connectivity index (χ1) is 8.45. The molecule has 1 N–H and O–H groups in total. The maximum atomic E-state index is 12.8. The molecular formula is C10H15F4N3O. The Labute approximate surface area is 102 Å². The van der Waals surface area contributed by atoms with E-state index in [4.69, 9.17) is 4.74 Å². The molecule has 0 amide bonds. The van der Waals surface area contributed by atoms with Crippen molar-refractivity contribution in [2.24, 2.45) is 0 Å². The van der Waals surface area contributed by atoms with Crippen LogP contribution in [0, 0.1) is 0 Å². The highest BCUT2D eigenvalue weighted by Gasteiger charge is 2.40. The number of methoxy groups -OCH3 is 1. The molecule has 0 aliphatic heterocycles. The van der Waals surface area contributed by atoms with E-state index in [1.165, 1.54) is 6.20 Å². The minimum absolute atomic E-state index is 0.372. The summed E-state index contributed by atoms with van der Waals surface area (Å²) in [5.74, 6) is -4.04. The summed E-state index contributed by atoms with van der Waals surface area (Å²) in [5.41, 5.74) is 0.510. The van der Waals surface area contributed by atoms with Crippen molar-refractivity contribution in [1.29, 1.82) is 0 Å². The summed E-state index contributed by atoms with van der Waals surface area (Å²) in [4.78, 5) is 3.84. The van der Waals surface area contributed by atoms with Gasteiger partial charge in [-0.2, -0.15) is 8.78 Å². The molecule has 0 unspecified atom stereocenters. The standard InChI is InChI=1S/C10H15F4N3O/c1-18-3-2-15-4-8-5-17(7-16-8)6-10(13,14)9(11)12/h5,7,9,15H,2-4,6H2,1H3. The van der Waals surface area contributed by atoms with Crippen LogP contribution >= 0.6 is 0 Å². The number of halogens is 4. The lowest BCUT2D eigenvalue weighted by atomic mass is 10.3. The van der Waals surface area contributed by atoms with Gasteiger partial charge in [-0.05, 0) is 0 Å². The fraction of sp³-hybridized carbons (Fsp3) is 0.700. The number of alkyl halides is 4. The third-order valence-electron chi connectivity index (χ3n) is 2.19. The van der Waals surface area contributed by atoms with Crippen LogP contribution in [-0.4, -0.2) is 42.2 Å².